The van der Waals surface area contributed by atoms with Crippen molar-refractivity contribution in [3.63, 3.8) is 0 Å². The minimum atomic E-state index is -0.951. The van der Waals surface area contributed by atoms with Gasteiger partial charge in [0.05, 0.1) is 11.7 Å². The lowest BCUT2D eigenvalue weighted by molar-refractivity contribution is -0.131. The van der Waals surface area contributed by atoms with Gasteiger partial charge in [-0.1, -0.05) is 12.1 Å². The summed E-state index contributed by atoms with van der Waals surface area (Å²) in [6, 6.07) is 6.70. The highest BCUT2D eigenvalue weighted by Gasteiger charge is 2.29. The standard InChI is InChI=1S/C15H20N2O4/c16-9-12-4-5-13(21-12)14(18)17-7-6-10-2-1-3-11(8-10)15(19)20/h1-3,8,12-13H,4-7,9,16H2,(H,17,18)(H,19,20). The molecule has 21 heavy (non-hydrogen) atoms. The van der Waals surface area contributed by atoms with Crippen molar-refractivity contribution in [1.29, 1.82) is 0 Å². The predicted octanol–water partition coefficient (Wildman–Crippen LogP) is 0.550. The molecule has 2 atom stereocenters. The number of carbonyl (C=O) groups is 2. The Kier molecular flexibility index (Phi) is 5.30. The monoisotopic (exact) mass is 292 g/mol. The molecule has 2 unspecified atom stereocenters. The number of amides is 1. The summed E-state index contributed by atoms with van der Waals surface area (Å²) >= 11 is 0. The number of rotatable bonds is 6. The van der Waals surface area contributed by atoms with Crippen LogP contribution in [0.4, 0.5) is 0 Å². The molecular formula is C15H20N2O4. The Morgan fingerprint density at radius 1 is 1.38 bits per heavy atom. The molecule has 0 aliphatic carbocycles. The Morgan fingerprint density at radius 3 is 2.86 bits per heavy atom. The number of hydrogen-bond donors (Lipinski definition) is 3. The summed E-state index contributed by atoms with van der Waals surface area (Å²) in [5.74, 6) is -1.08. The van der Waals surface area contributed by atoms with E-state index in [4.69, 9.17) is 15.6 Å². The summed E-state index contributed by atoms with van der Waals surface area (Å²) in [5.41, 5.74) is 6.64. The van der Waals surface area contributed by atoms with Gasteiger partial charge in [-0.25, -0.2) is 4.79 Å². The summed E-state index contributed by atoms with van der Waals surface area (Å²) in [5, 5.41) is 11.7. The fourth-order valence-electron chi connectivity index (χ4n) is 2.38. The number of benzene rings is 1. The molecular weight excluding hydrogens is 272 g/mol. The van der Waals surface area contributed by atoms with Gasteiger partial charge in [0.25, 0.3) is 0 Å². The second-order valence-corrected chi connectivity index (χ2v) is 5.11. The molecule has 1 aliphatic rings. The maximum absolute atomic E-state index is 11.9. The minimum absolute atomic E-state index is 0.0204. The van der Waals surface area contributed by atoms with Crippen LogP contribution >= 0.6 is 0 Å². The maximum Gasteiger partial charge on any atom is 0.335 e. The highest BCUT2D eigenvalue weighted by Crippen LogP contribution is 2.18. The molecule has 0 saturated carbocycles. The molecule has 0 aromatic heterocycles. The molecule has 1 saturated heterocycles. The van der Waals surface area contributed by atoms with E-state index in [1.54, 1.807) is 18.2 Å². The Hall–Kier alpha value is -1.92. The maximum atomic E-state index is 11.9. The zero-order chi connectivity index (χ0) is 15.2. The Bertz CT molecular complexity index is 518. The summed E-state index contributed by atoms with van der Waals surface area (Å²) in [6.07, 6.45) is 1.66. The van der Waals surface area contributed by atoms with Crippen LogP contribution in [0.3, 0.4) is 0 Å². The smallest absolute Gasteiger partial charge is 0.335 e. The third-order valence-corrected chi connectivity index (χ3v) is 3.55. The Morgan fingerprint density at radius 2 is 2.19 bits per heavy atom. The van der Waals surface area contributed by atoms with Crippen molar-refractivity contribution in [2.45, 2.75) is 31.5 Å². The number of ether oxygens (including phenoxy) is 1. The van der Waals surface area contributed by atoms with E-state index in [1.165, 1.54) is 0 Å². The van der Waals surface area contributed by atoms with Gasteiger partial charge in [-0.2, -0.15) is 0 Å². The number of nitrogens with one attached hydrogen (secondary N) is 1. The zero-order valence-corrected chi connectivity index (χ0v) is 11.7. The third-order valence-electron chi connectivity index (χ3n) is 3.55. The number of carbonyl (C=O) groups excluding carboxylic acids is 1. The summed E-state index contributed by atoms with van der Waals surface area (Å²) in [6.45, 7) is 0.890. The summed E-state index contributed by atoms with van der Waals surface area (Å²) in [4.78, 5) is 22.8. The number of hydrogen-bond acceptors (Lipinski definition) is 4. The highest BCUT2D eigenvalue weighted by atomic mass is 16.5. The lowest BCUT2D eigenvalue weighted by Crippen LogP contribution is -2.36. The van der Waals surface area contributed by atoms with Crippen molar-refractivity contribution in [1.82, 2.24) is 5.32 Å². The van der Waals surface area contributed by atoms with Crippen LogP contribution in [-0.2, 0) is 16.0 Å². The first-order valence-electron chi connectivity index (χ1n) is 7.05. The predicted molar refractivity (Wildman–Crippen MR) is 77.1 cm³/mol. The molecule has 1 aromatic carbocycles. The molecule has 1 amide bonds. The van der Waals surface area contributed by atoms with E-state index in [0.29, 0.717) is 25.9 Å². The van der Waals surface area contributed by atoms with Crippen LogP contribution in [0.5, 0.6) is 0 Å². The van der Waals surface area contributed by atoms with Gasteiger partial charge in [-0.05, 0) is 37.0 Å². The first-order valence-corrected chi connectivity index (χ1v) is 7.05. The van der Waals surface area contributed by atoms with Crippen LogP contribution in [0.25, 0.3) is 0 Å². The van der Waals surface area contributed by atoms with Gasteiger partial charge in [0, 0.05) is 13.1 Å². The van der Waals surface area contributed by atoms with Gasteiger partial charge >= 0.3 is 5.97 Å². The lowest BCUT2D eigenvalue weighted by atomic mass is 10.1. The number of aromatic carboxylic acids is 1. The van der Waals surface area contributed by atoms with Gasteiger partial charge in [0.15, 0.2) is 0 Å². The number of carboxylic acid groups (broad SMARTS) is 1. The van der Waals surface area contributed by atoms with E-state index in [2.05, 4.69) is 5.32 Å². The van der Waals surface area contributed by atoms with Crippen LogP contribution in [-0.4, -0.2) is 42.3 Å². The SMILES string of the molecule is NCC1CCC(C(=O)NCCc2cccc(C(=O)O)c2)O1. The topological polar surface area (TPSA) is 102 Å². The fourth-order valence-corrected chi connectivity index (χ4v) is 2.38. The molecule has 2 rings (SSSR count). The first kappa shape index (κ1) is 15.5. The van der Waals surface area contributed by atoms with E-state index < -0.39 is 12.1 Å². The van der Waals surface area contributed by atoms with Crippen molar-refractivity contribution in [2.75, 3.05) is 13.1 Å². The Balaban J connectivity index is 1.78. The number of nitrogens with two attached hydrogens (primary N) is 1. The Labute approximate surface area is 123 Å². The van der Waals surface area contributed by atoms with Gasteiger partial charge in [0.2, 0.25) is 5.91 Å². The first-order chi connectivity index (χ1) is 10.1. The molecule has 1 aromatic rings. The molecule has 0 radical (unpaired) electrons. The van der Waals surface area contributed by atoms with Gasteiger partial charge < -0.3 is 20.9 Å². The van der Waals surface area contributed by atoms with Crippen LogP contribution in [0, 0.1) is 0 Å². The molecule has 1 fully saturated rings. The van der Waals surface area contributed by atoms with Gasteiger partial charge in [0.1, 0.15) is 6.10 Å². The molecule has 1 aliphatic heterocycles. The quantitative estimate of drug-likeness (QED) is 0.710. The molecule has 114 valence electrons. The van der Waals surface area contributed by atoms with Crippen molar-refractivity contribution >= 4 is 11.9 Å². The third kappa shape index (κ3) is 4.27. The van der Waals surface area contributed by atoms with Gasteiger partial charge in [-0.15, -0.1) is 0 Å². The fraction of sp³-hybridized carbons (Fsp3) is 0.467. The molecule has 1 heterocycles. The highest BCUT2D eigenvalue weighted by molar-refractivity contribution is 5.87. The second-order valence-electron chi connectivity index (χ2n) is 5.11. The molecule has 6 nitrogen and oxygen atoms in total. The van der Waals surface area contributed by atoms with E-state index in [-0.39, 0.29) is 17.6 Å². The van der Waals surface area contributed by atoms with Crippen molar-refractivity contribution in [3.8, 4) is 0 Å². The van der Waals surface area contributed by atoms with E-state index >= 15 is 0 Å². The largest absolute Gasteiger partial charge is 0.478 e. The minimum Gasteiger partial charge on any atom is -0.478 e. The normalized spacial score (nSPS) is 21.2. The second kappa shape index (κ2) is 7.19. The number of carboxylic acids is 1. The average Bonchev–Trinajstić information content (AvgIpc) is 2.96. The van der Waals surface area contributed by atoms with Crippen LogP contribution in [0.2, 0.25) is 0 Å². The van der Waals surface area contributed by atoms with Crippen LogP contribution < -0.4 is 11.1 Å². The van der Waals surface area contributed by atoms with Crippen molar-refractivity contribution in [3.05, 3.63) is 35.4 Å². The summed E-state index contributed by atoms with van der Waals surface area (Å²) < 4.78 is 5.51. The van der Waals surface area contributed by atoms with Crippen LogP contribution in [0.1, 0.15) is 28.8 Å². The van der Waals surface area contributed by atoms with E-state index in [1.807, 2.05) is 6.07 Å². The molecule has 6 heteroatoms. The lowest BCUT2D eigenvalue weighted by Gasteiger charge is -2.12. The zero-order valence-electron chi connectivity index (χ0n) is 11.7. The van der Waals surface area contributed by atoms with Crippen molar-refractivity contribution in [2.24, 2.45) is 5.73 Å². The average molecular weight is 292 g/mol. The molecule has 0 bridgehead atoms. The van der Waals surface area contributed by atoms with Crippen molar-refractivity contribution < 1.29 is 19.4 Å². The molecule has 4 N–H and O–H groups in total. The van der Waals surface area contributed by atoms with Gasteiger partial charge in [-0.3, -0.25) is 4.79 Å². The summed E-state index contributed by atoms with van der Waals surface area (Å²) in [7, 11) is 0. The van der Waals surface area contributed by atoms with E-state index in [0.717, 1.165) is 12.0 Å². The molecule has 0 spiro atoms. The van der Waals surface area contributed by atoms with Crippen LogP contribution in [0.15, 0.2) is 24.3 Å². The van der Waals surface area contributed by atoms with E-state index in [9.17, 15) is 9.59 Å².